The van der Waals surface area contributed by atoms with Gasteiger partial charge in [-0.3, -0.25) is 10.1 Å². The average molecular weight is 279 g/mol. The maximum absolute atomic E-state index is 10.4. The average Bonchev–Trinajstić information content (AvgIpc) is 2.26. The number of benzene rings is 1. The van der Waals surface area contributed by atoms with Gasteiger partial charge in [0, 0.05) is 23.9 Å². The second-order valence-corrected chi connectivity index (χ2v) is 5.44. The molecule has 94 valence electrons. The molecule has 1 aromatic rings. The lowest BCUT2D eigenvalue weighted by Crippen LogP contribution is -1.98. The van der Waals surface area contributed by atoms with Gasteiger partial charge in [0.05, 0.1) is 11.5 Å². The molecule has 7 nitrogen and oxygen atoms in total. The van der Waals surface area contributed by atoms with E-state index in [4.69, 9.17) is 4.52 Å². The van der Waals surface area contributed by atoms with Crippen LogP contribution in [0.1, 0.15) is 6.92 Å². The molecule has 1 rings (SSSR count). The first-order valence-electron chi connectivity index (χ1n) is 4.52. The van der Waals surface area contributed by atoms with Gasteiger partial charge in [-0.2, -0.15) is 0 Å². The topological polar surface area (TPSA) is 91.1 Å². The first-order valence-corrected chi connectivity index (χ1v) is 7.12. The Morgan fingerprint density at radius 2 is 2.06 bits per heavy atom. The number of hydrogen-bond donors (Lipinski definition) is 1. The lowest BCUT2D eigenvalue weighted by molar-refractivity contribution is -0.384. The van der Waals surface area contributed by atoms with Gasteiger partial charge in [0.1, 0.15) is 5.75 Å². The summed E-state index contributed by atoms with van der Waals surface area (Å²) in [4.78, 5) is 23.8. The fourth-order valence-electron chi connectivity index (χ4n) is 0.896. The van der Waals surface area contributed by atoms with Crippen LogP contribution in [-0.2, 0) is 21.4 Å². The molecule has 0 radical (unpaired) electrons. The van der Waals surface area contributed by atoms with Crippen molar-refractivity contribution in [3.8, 4) is 5.75 Å². The second-order valence-electron chi connectivity index (χ2n) is 2.79. The third-order valence-corrected chi connectivity index (χ3v) is 2.67. The zero-order valence-corrected chi connectivity index (χ0v) is 10.5. The molecule has 1 atom stereocenters. The number of nitro groups is 1. The van der Waals surface area contributed by atoms with Gasteiger partial charge in [0.25, 0.3) is 5.69 Å². The van der Waals surface area contributed by atoms with Crippen LogP contribution in [0.4, 0.5) is 5.69 Å². The quantitative estimate of drug-likeness (QED) is 0.369. The van der Waals surface area contributed by atoms with Gasteiger partial charge in [0.2, 0.25) is 0 Å². The first-order chi connectivity index (χ1) is 7.94. The molecule has 0 aliphatic carbocycles. The van der Waals surface area contributed by atoms with Crippen LogP contribution >= 0.6 is 6.72 Å². The zero-order valence-electron chi connectivity index (χ0n) is 8.81. The number of nitro benzene ring substituents is 1. The van der Waals surface area contributed by atoms with Crippen LogP contribution in [0.3, 0.4) is 0 Å². The van der Waals surface area contributed by atoms with E-state index in [1.54, 1.807) is 6.92 Å². The van der Waals surface area contributed by atoms with Crippen molar-refractivity contribution >= 4 is 24.2 Å². The Morgan fingerprint density at radius 3 is 2.53 bits per heavy atom. The van der Waals surface area contributed by atoms with E-state index in [2.05, 4.69) is 21.4 Å². The van der Waals surface area contributed by atoms with Crippen LogP contribution in [-0.4, -0.2) is 16.4 Å². The molecule has 1 aromatic carbocycles. The van der Waals surface area contributed by atoms with E-state index < -0.39 is 11.6 Å². The predicted octanol–water partition coefficient (Wildman–Crippen LogP) is 2.16. The van der Waals surface area contributed by atoms with Gasteiger partial charge in [-0.1, -0.05) is 0 Å². The van der Waals surface area contributed by atoms with Crippen LogP contribution in [0.15, 0.2) is 24.3 Å². The van der Waals surface area contributed by atoms with Crippen molar-refractivity contribution < 1.29 is 23.9 Å². The Hall–Kier alpha value is -1.05. The van der Waals surface area contributed by atoms with E-state index >= 15 is 0 Å². The van der Waals surface area contributed by atoms with E-state index in [1.165, 1.54) is 24.3 Å². The fraction of sp³-hybridized carbons (Fsp3) is 0.250. The molecular formula is C8H10NO6PS. The molecule has 0 heterocycles. The minimum atomic E-state index is -3.53. The molecule has 17 heavy (non-hydrogen) atoms. The number of hydrogen-bond acceptors (Lipinski definition) is 6. The molecule has 9 heteroatoms. The molecular weight excluding hydrogens is 269 g/mol. The zero-order chi connectivity index (χ0) is 12.9. The molecule has 0 aliphatic rings. The Kier molecular flexibility index (Phi) is 4.98. The van der Waals surface area contributed by atoms with Crippen molar-refractivity contribution in [2.24, 2.45) is 0 Å². The summed E-state index contributed by atoms with van der Waals surface area (Å²) in [5.41, 5.74) is -0.0886. The largest absolute Gasteiger partial charge is 0.423 e. The summed E-state index contributed by atoms with van der Waals surface area (Å²) in [5.74, 6) is 0.168. The summed E-state index contributed by atoms with van der Waals surface area (Å²) in [5, 5.41) is 10.4. The summed E-state index contributed by atoms with van der Waals surface area (Å²) in [6, 6.07) is 5.08. The van der Waals surface area contributed by atoms with E-state index in [1.807, 2.05) is 0 Å². The van der Waals surface area contributed by atoms with Crippen molar-refractivity contribution in [1.82, 2.24) is 0 Å². The smallest absolute Gasteiger partial charge is 0.405 e. The van der Waals surface area contributed by atoms with Crippen molar-refractivity contribution in [3.05, 3.63) is 34.4 Å². The maximum atomic E-state index is 10.4. The highest BCUT2D eigenvalue weighted by atomic mass is 32.5. The van der Waals surface area contributed by atoms with Gasteiger partial charge in [-0.05, 0) is 19.1 Å². The summed E-state index contributed by atoms with van der Waals surface area (Å²) in [6.45, 7) is -1.66. The van der Waals surface area contributed by atoms with Crippen LogP contribution in [0.5, 0.6) is 5.75 Å². The van der Waals surface area contributed by atoms with Gasteiger partial charge < -0.3 is 9.42 Å². The van der Waals surface area contributed by atoms with Crippen molar-refractivity contribution in [1.29, 1.82) is 0 Å². The Morgan fingerprint density at radius 1 is 1.47 bits per heavy atom. The van der Waals surface area contributed by atoms with E-state index in [9.17, 15) is 15.0 Å². The molecule has 0 spiro atoms. The van der Waals surface area contributed by atoms with Gasteiger partial charge in [-0.25, -0.2) is 4.89 Å². The highest BCUT2D eigenvalue weighted by molar-refractivity contribution is 8.07. The Balaban J connectivity index is 2.68. The first kappa shape index (κ1) is 14.0. The predicted molar refractivity (Wildman–Crippen MR) is 62.9 cm³/mol. The van der Waals surface area contributed by atoms with E-state index in [0.29, 0.717) is 0 Å². The third kappa shape index (κ3) is 4.76. The lowest BCUT2D eigenvalue weighted by atomic mass is 10.3. The molecule has 0 amide bonds. The maximum Gasteiger partial charge on any atom is 0.405 e. The van der Waals surface area contributed by atoms with Crippen molar-refractivity contribution in [2.45, 2.75) is 6.92 Å². The van der Waals surface area contributed by atoms with Gasteiger partial charge >= 0.3 is 6.72 Å². The normalized spacial score (nSPS) is 14.0. The number of rotatable bonds is 6. The SMILES string of the molecule is CCOOP(O)(=S)Oc1ccc([N+](=O)[O-])cc1. The molecule has 1 unspecified atom stereocenters. The van der Waals surface area contributed by atoms with Crippen molar-refractivity contribution in [2.75, 3.05) is 6.61 Å². The molecule has 0 saturated carbocycles. The van der Waals surface area contributed by atoms with Crippen molar-refractivity contribution in [3.63, 3.8) is 0 Å². The highest BCUT2D eigenvalue weighted by Crippen LogP contribution is 2.44. The molecule has 0 saturated heterocycles. The van der Waals surface area contributed by atoms with Crippen LogP contribution in [0, 0.1) is 10.1 Å². The van der Waals surface area contributed by atoms with Gasteiger partial charge in [0.15, 0.2) is 0 Å². The highest BCUT2D eigenvalue weighted by Gasteiger charge is 2.18. The van der Waals surface area contributed by atoms with Gasteiger partial charge in [-0.15, -0.1) is 4.67 Å². The molecule has 0 aromatic heterocycles. The monoisotopic (exact) mass is 279 g/mol. The molecule has 0 bridgehead atoms. The van der Waals surface area contributed by atoms with Crippen LogP contribution < -0.4 is 4.52 Å². The number of non-ortho nitro benzene ring substituents is 1. The minimum absolute atomic E-state index is 0.0886. The third-order valence-electron chi connectivity index (χ3n) is 1.53. The molecule has 0 fully saturated rings. The Labute approximate surface area is 102 Å². The number of nitrogens with zero attached hydrogens (tertiary/aromatic N) is 1. The minimum Gasteiger partial charge on any atom is -0.423 e. The Bertz CT molecular complexity index is 436. The lowest BCUT2D eigenvalue weighted by Gasteiger charge is -2.14. The fourth-order valence-corrected chi connectivity index (χ4v) is 1.94. The summed E-state index contributed by atoms with van der Waals surface area (Å²) >= 11 is 4.64. The summed E-state index contributed by atoms with van der Waals surface area (Å²) in [7, 11) is 0. The van der Waals surface area contributed by atoms with Crippen LogP contribution in [0.25, 0.3) is 0 Å². The second kappa shape index (κ2) is 6.04. The summed E-state index contributed by atoms with van der Waals surface area (Å²) in [6.07, 6.45) is 0. The molecule has 1 N–H and O–H groups in total. The van der Waals surface area contributed by atoms with Crippen LogP contribution in [0.2, 0.25) is 0 Å². The standard InChI is InChI=1S/C8H10NO6PS/c1-2-13-15-16(12,17)14-8-5-3-7(4-6-8)9(10)11/h3-6H,2H2,1H3,(H,12,17). The summed E-state index contributed by atoms with van der Waals surface area (Å²) < 4.78 is 9.44. The molecule has 0 aliphatic heterocycles. The van der Waals surface area contributed by atoms with E-state index in [-0.39, 0.29) is 18.0 Å². The van der Waals surface area contributed by atoms with E-state index in [0.717, 1.165) is 0 Å².